The molecule has 0 saturated carbocycles. The van der Waals surface area contributed by atoms with Gasteiger partial charge in [0.05, 0.1) is 11.3 Å². The van der Waals surface area contributed by atoms with Crippen molar-refractivity contribution in [2.75, 3.05) is 0 Å². The molecule has 22 heavy (non-hydrogen) atoms. The topological polar surface area (TPSA) is 78.9 Å². The number of rotatable bonds is 2. The lowest BCUT2D eigenvalue weighted by molar-refractivity contribution is 0.0698. The number of nitrogens with zero attached hydrogens (tertiary/aromatic N) is 2. The van der Waals surface area contributed by atoms with E-state index in [0.717, 1.165) is 51.7 Å². The zero-order chi connectivity index (χ0) is 15.1. The van der Waals surface area contributed by atoms with Gasteiger partial charge in [0.25, 0.3) is 0 Å². The van der Waals surface area contributed by atoms with Crippen LogP contribution in [0.4, 0.5) is 0 Å². The van der Waals surface area contributed by atoms with Gasteiger partial charge in [-0.15, -0.1) is 11.3 Å². The van der Waals surface area contributed by atoms with E-state index in [2.05, 4.69) is 9.97 Å². The lowest BCUT2D eigenvalue weighted by Crippen LogP contribution is -1.97. The van der Waals surface area contributed by atoms with Crippen LogP contribution >= 0.6 is 11.3 Å². The summed E-state index contributed by atoms with van der Waals surface area (Å²) in [6.07, 6.45) is 7.85. The van der Waals surface area contributed by atoms with Crippen molar-refractivity contribution in [3.63, 3.8) is 0 Å². The molecule has 0 amide bonds. The third-order valence-electron chi connectivity index (χ3n) is 3.88. The molecule has 0 saturated heterocycles. The smallest absolute Gasteiger partial charge is 0.337 e. The molecule has 3 aromatic heterocycles. The average molecular weight is 311 g/mol. The molecule has 0 aromatic carbocycles. The van der Waals surface area contributed by atoms with Crippen molar-refractivity contribution in [3.8, 4) is 21.8 Å². The van der Waals surface area contributed by atoms with Crippen LogP contribution < -0.4 is 0 Å². The van der Waals surface area contributed by atoms with Crippen molar-refractivity contribution in [2.24, 2.45) is 0 Å². The first-order valence-corrected chi connectivity index (χ1v) is 7.89. The summed E-state index contributed by atoms with van der Waals surface area (Å²) >= 11 is 1.64. The van der Waals surface area contributed by atoms with E-state index in [4.69, 9.17) is 4.98 Å². The predicted octanol–water partition coefficient (Wildman–Crippen LogP) is 3.39. The first-order valence-electron chi connectivity index (χ1n) is 7.08. The van der Waals surface area contributed by atoms with E-state index >= 15 is 0 Å². The second-order valence-electron chi connectivity index (χ2n) is 5.24. The van der Waals surface area contributed by atoms with Gasteiger partial charge in [0, 0.05) is 40.3 Å². The number of aromatic nitrogens is 3. The van der Waals surface area contributed by atoms with E-state index in [1.54, 1.807) is 29.9 Å². The van der Waals surface area contributed by atoms with Crippen molar-refractivity contribution in [2.45, 2.75) is 19.3 Å². The summed E-state index contributed by atoms with van der Waals surface area (Å²) in [5.41, 5.74) is 3.88. The van der Waals surface area contributed by atoms with E-state index in [0.29, 0.717) is 5.56 Å². The molecule has 1 aliphatic carbocycles. The van der Waals surface area contributed by atoms with Crippen LogP contribution in [0.3, 0.4) is 0 Å². The van der Waals surface area contributed by atoms with Crippen molar-refractivity contribution in [3.05, 3.63) is 46.9 Å². The zero-order valence-electron chi connectivity index (χ0n) is 11.7. The highest BCUT2D eigenvalue weighted by Crippen LogP contribution is 2.40. The number of fused-ring (bicyclic) bond motifs is 3. The maximum absolute atomic E-state index is 11.5. The molecule has 4 rings (SSSR count). The molecular weight excluding hydrogens is 298 g/mol. The Balaban J connectivity index is 1.91. The number of H-pyrrole nitrogens is 1. The van der Waals surface area contributed by atoms with Crippen LogP contribution in [0.25, 0.3) is 21.8 Å². The number of nitrogens with one attached hydrogen (secondary N) is 1. The Morgan fingerprint density at radius 2 is 2.09 bits per heavy atom. The standard InChI is InChI=1S/C16H13N3O2S/c20-16(21)10-8-18-11-2-1-3-12-14(13(10)11)19-15(22-12)9-4-6-17-7-5-9/h4-8,18H,1-3H2,(H,20,21). The number of pyridine rings is 1. The summed E-state index contributed by atoms with van der Waals surface area (Å²) < 4.78 is 0. The molecule has 0 atom stereocenters. The lowest BCUT2D eigenvalue weighted by Gasteiger charge is -2.00. The fraction of sp³-hybridized carbons (Fsp3) is 0.188. The largest absolute Gasteiger partial charge is 0.478 e. The van der Waals surface area contributed by atoms with E-state index in [1.807, 2.05) is 12.1 Å². The van der Waals surface area contributed by atoms with Gasteiger partial charge in [-0.25, -0.2) is 9.78 Å². The van der Waals surface area contributed by atoms with Crippen LogP contribution in [0.2, 0.25) is 0 Å². The Kier molecular flexibility index (Phi) is 3.04. The minimum absolute atomic E-state index is 0.310. The predicted molar refractivity (Wildman–Crippen MR) is 84.1 cm³/mol. The molecule has 0 spiro atoms. The molecule has 0 bridgehead atoms. The van der Waals surface area contributed by atoms with Gasteiger partial charge in [0.2, 0.25) is 0 Å². The monoisotopic (exact) mass is 311 g/mol. The number of aryl methyl sites for hydroxylation is 2. The fourth-order valence-corrected chi connectivity index (χ4v) is 3.98. The Labute approximate surface area is 130 Å². The summed E-state index contributed by atoms with van der Waals surface area (Å²) in [5, 5.41) is 10.3. The number of carboxylic acids is 1. The molecular formula is C16H13N3O2S. The molecule has 0 fully saturated rings. The van der Waals surface area contributed by atoms with Crippen molar-refractivity contribution in [1.82, 2.24) is 15.0 Å². The van der Waals surface area contributed by atoms with Gasteiger partial charge in [0.1, 0.15) is 5.01 Å². The molecule has 3 heterocycles. The summed E-state index contributed by atoms with van der Waals surface area (Å²) in [6, 6.07) is 3.85. The number of hydrogen-bond acceptors (Lipinski definition) is 4. The van der Waals surface area contributed by atoms with Gasteiger partial charge in [-0.05, 0) is 31.4 Å². The molecule has 110 valence electrons. The van der Waals surface area contributed by atoms with Gasteiger partial charge in [0.15, 0.2) is 0 Å². The Morgan fingerprint density at radius 3 is 2.86 bits per heavy atom. The first kappa shape index (κ1) is 13.2. The molecule has 1 aliphatic rings. The average Bonchev–Trinajstić information content (AvgIpc) is 3.09. The van der Waals surface area contributed by atoms with Crippen LogP contribution in [0.5, 0.6) is 0 Å². The number of carbonyl (C=O) groups is 1. The van der Waals surface area contributed by atoms with Crippen LogP contribution in [-0.2, 0) is 12.8 Å². The van der Waals surface area contributed by atoms with Crippen molar-refractivity contribution < 1.29 is 9.90 Å². The summed E-state index contributed by atoms with van der Waals surface area (Å²) in [4.78, 5) is 24.5. The van der Waals surface area contributed by atoms with Crippen molar-refractivity contribution in [1.29, 1.82) is 0 Å². The third-order valence-corrected chi connectivity index (χ3v) is 5.05. The number of aromatic amines is 1. The number of thiazole rings is 1. The van der Waals surface area contributed by atoms with Gasteiger partial charge in [-0.1, -0.05) is 0 Å². The normalized spacial score (nSPS) is 13.3. The molecule has 5 nitrogen and oxygen atoms in total. The quantitative estimate of drug-likeness (QED) is 0.760. The second-order valence-corrected chi connectivity index (χ2v) is 6.32. The maximum atomic E-state index is 11.5. The van der Waals surface area contributed by atoms with Crippen LogP contribution in [-0.4, -0.2) is 26.0 Å². The number of hydrogen-bond donors (Lipinski definition) is 2. The molecule has 3 aromatic rings. The third kappa shape index (κ3) is 2.03. The zero-order valence-corrected chi connectivity index (χ0v) is 12.5. The molecule has 2 N–H and O–H groups in total. The fourth-order valence-electron chi connectivity index (χ4n) is 2.86. The van der Waals surface area contributed by atoms with Crippen LogP contribution in [0, 0.1) is 0 Å². The lowest BCUT2D eigenvalue weighted by atomic mass is 10.1. The van der Waals surface area contributed by atoms with Gasteiger partial charge in [-0.2, -0.15) is 0 Å². The second kappa shape index (κ2) is 5.06. The molecule has 0 radical (unpaired) electrons. The number of carboxylic acid groups (broad SMARTS) is 1. The van der Waals surface area contributed by atoms with E-state index in [1.165, 1.54) is 0 Å². The Bertz CT molecular complexity index is 852. The molecule has 0 aliphatic heterocycles. The Hall–Kier alpha value is -2.47. The summed E-state index contributed by atoms with van der Waals surface area (Å²) in [6.45, 7) is 0. The maximum Gasteiger partial charge on any atom is 0.337 e. The highest BCUT2D eigenvalue weighted by Gasteiger charge is 2.26. The van der Waals surface area contributed by atoms with Gasteiger partial charge >= 0.3 is 5.97 Å². The van der Waals surface area contributed by atoms with Crippen molar-refractivity contribution >= 4 is 17.3 Å². The van der Waals surface area contributed by atoms with E-state index in [-0.39, 0.29) is 0 Å². The SMILES string of the molecule is O=C(O)c1c[nH]c2c1-c1nc(-c3ccncc3)sc1CCC2. The van der Waals surface area contributed by atoms with Gasteiger partial charge < -0.3 is 10.1 Å². The highest BCUT2D eigenvalue weighted by molar-refractivity contribution is 7.15. The number of aromatic carboxylic acids is 1. The first-order chi connectivity index (χ1) is 10.7. The molecule has 6 heteroatoms. The van der Waals surface area contributed by atoms with Crippen LogP contribution in [0.1, 0.15) is 27.3 Å². The molecule has 0 unspecified atom stereocenters. The summed E-state index contributed by atoms with van der Waals surface area (Å²) in [7, 11) is 0. The van der Waals surface area contributed by atoms with E-state index in [9.17, 15) is 9.90 Å². The van der Waals surface area contributed by atoms with Gasteiger partial charge in [-0.3, -0.25) is 4.98 Å². The summed E-state index contributed by atoms with van der Waals surface area (Å²) in [5.74, 6) is -0.913. The minimum atomic E-state index is -0.913. The highest BCUT2D eigenvalue weighted by atomic mass is 32.1. The minimum Gasteiger partial charge on any atom is -0.478 e. The Morgan fingerprint density at radius 1 is 1.27 bits per heavy atom. The van der Waals surface area contributed by atoms with Crippen LogP contribution in [0.15, 0.2) is 30.7 Å². The van der Waals surface area contributed by atoms with E-state index < -0.39 is 5.97 Å².